The molecule has 4 rings (SSSR count). The Hall–Kier alpha value is -4.20. The molecule has 1 amide bonds. The Morgan fingerprint density at radius 3 is 2.73 bits per heavy atom. The molecule has 0 saturated heterocycles. The number of aromatic nitrogens is 5. The molecule has 0 spiro atoms. The number of benzene rings is 1. The Morgan fingerprint density at radius 1 is 1.27 bits per heavy atom. The van der Waals surface area contributed by atoms with Crippen molar-refractivity contribution in [3.8, 4) is 11.5 Å². The monoisotopic (exact) mass is 461 g/mol. The molecule has 172 valence electrons. The summed E-state index contributed by atoms with van der Waals surface area (Å²) in [5.74, 6) is 5.72. The summed E-state index contributed by atoms with van der Waals surface area (Å²) in [4.78, 5) is 27.5. The summed E-state index contributed by atoms with van der Waals surface area (Å²) in [5.41, 5.74) is 5.86. The van der Waals surface area contributed by atoms with Crippen molar-refractivity contribution in [1.29, 1.82) is 0 Å². The number of carbonyl (C=O) groups excluding carboxylic acids is 1. The van der Waals surface area contributed by atoms with Gasteiger partial charge in [-0.1, -0.05) is 5.16 Å². The standard InChI is InChI=1S/C19H18F3N9O2/c1-8(27-18(32)15-14(23)17(31(2)24)26-7-25-15)13-6-12(30-33-13)16-28-10-4-3-9(19(20,21)22)5-11(10)29-16/h3-8H,23-24H2,1-2H3,(H,27,32)(H,28,29). The van der Waals surface area contributed by atoms with Gasteiger partial charge in [0.25, 0.3) is 5.91 Å². The third kappa shape index (κ3) is 4.27. The molecular formula is C19H18F3N9O2. The zero-order valence-electron chi connectivity index (χ0n) is 17.3. The van der Waals surface area contributed by atoms with Crippen molar-refractivity contribution in [2.45, 2.75) is 19.1 Å². The number of aromatic amines is 1. The van der Waals surface area contributed by atoms with Gasteiger partial charge in [-0.05, 0) is 25.1 Å². The molecule has 4 aromatic rings. The third-order valence-corrected chi connectivity index (χ3v) is 4.77. The first-order valence-corrected chi connectivity index (χ1v) is 9.48. The second-order valence-electron chi connectivity index (χ2n) is 7.20. The Balaban J connectivity index is 1.54. The molecular weight excluding hydrogens is 443 g/mol. The highest BCUT2D eigenvalue weighted by atomic mass is 19.4. The van der Waals surface area contributed by atoms with Crippen molar-refractivity contribution >= 4 is 28.4 Å². The van der Waals surface area contributed by atoms with E-state index in [1.165, 1.54) is 19.2 Å². The minimum atomic E-state index is -4.47. The number of amides is 1. The van der Waals surface area contributed by atoms with Crippen molar-refractivity contribution in [3.05, 3.63) is 47.6 Å². The number of fused-ring (bicyclic) bond motifs is 1. The molecule has 6 N–H and O–H groups in total. The summed E-state index contributed by atoms with van der Waals surface area (Å²) in [6.45, 7) is 1.64. The first-order chi connectivity index (χ1) is 15.5. The molecule has 3 aromatic heterocycles. The predicted molar refractivity (Wildman–Crippen MR) is 112 cm³/mol. The lowest BCUT2D eigenvalue weighted by molar-refractivity contribution is -0.137. The molecule has 1 unspecified atom stereocenters. The largest absolute Gasteiger partial charge is 0.416 e. The zero-order chi connectivity index (χ0) is 23.9. The molecule has 0 aliphatic carbocycles. The Bertz CT molecular complexity index is 1330. The van der Waals surface area contributed by atoms with E-state index in [4.69, 9.17) is 16.1 Å². The van der Waals surface area contributed by atoms with Crippen molar-refractivity contribution in [3.63, 3.8) is 0 Å². The van der Waals surface area contributed by atoms with Gasteiger partial charge >= 0.3 is 6.18 Å². The summed E-state index contributed by atoms with van der Waals surface area (Å²) in [6.07, 6.45) is -3.31. The number of hydrogen-bond donors (Lipinski definition) is 4. The van der Waals surface area contributed by atoms with Crippen LogP contribution in [0.1, 0.15) is 34.8 Å². The molecule has 3 heterocycles. The molecule has 0 fully saturated rings. The van der Waals surface area contributed by atoms with Crippen LogP contribution in [-0.2, 0) is 6.18 Å². The number of H-pyrrole nitrogens is 1. The molecule has 14 heteroatoms. The van der Waals surface area contributed by atoms with Gasteiger partial charge in [-0.2, -0.15) is 13.2 Å². The minimum Gasteiger partial charge on any atom is -0.394 e. The van der Waals surface area contributed by atoms with E-state index in [9.17, 15) is 18.0 Å². The summed E-state index contributed by atoms with van der Waals surface area (Å²) in [7, 11) is 1.51. The Morgan fingerprint density at radius 2 is 2.03 bits per heavy atom. The number of halogens is 3. The van der Waals surface area contributed by atoms with Crippen LogP contribution in [0.5, 0.6) is 0 Å². The highest BCUT2D eigenvalue weighted by Gasteiger charge is 2.31. The Kier molecular flexibility index (Phi) is 5.37. The van der Waals surface area contributed by atoms with E-state index in [1.54, 1.807) is 6.92 Å². The average molecular weight is 461 g/mol. The second kappa shape index (κ2) is 8.05. The van der Waals surface area contributed by atoms with Gasteiger partial charge in [-0.25, -0.2) is 20.8 Å². The average Bonchev–Trinajstić information content (AvgIpc) is 3.39. The minimum absolute atomic E-state index is 0.00552. The molecule has 1 atom stereocenters. The van der Waals surface area contributed by atoms with Crippen LogP contribution >= 0.6 is 0 Å². The van der Waals surface area contributed by atoms with E-state index < -0.39 is 23.7 Å². The van der Waals surface area contributed by atoms with Gasteiger partial charge in [0.15, 0.2) is 23.1 Å². The zero-order valence-corrected chi connectivity index (χ0v) is 17.3. The van der Waals surface area contributed by atoms with Crippen LogP contribution in [0.2, 0.25) is 0 Å². The van der Waals surface area contributed by atoms with Crippen molar-refractivity contribution < 1.29 is 22.5 Å². The number of hydrogen-bond acceptors (Lipinski definition) is 9. The quantitative estimate of drug-likeness (QED) is 0.258. The number of nitrogens with one attached hydrogen (secondary N) is 2. The fraction of sp³-hybridized carbons (Fsp3) is 0.211. The topological polar surface area (TPSA) is 165 Å². The van der Waals surface area contributed by atoms with Crippen LogP contribution in [0.4, 0.5) is 24.7 Å². The lowest BCUT2D eigenvalue weighted by Gasteiger charge is -2.16. The first kappa shape index (κ1) is 22.0. The molecule has 0 aliphatic rings. The Labute approximate surface area is 184 Å². The SMILES string of the molecule is CC(NC(=O)c1ncnc(N(C)N)c1N)c1cc(-c2nc3ccc(C(F)(F)F)cc3[nH]2)no1. The fourth-order valence-corrected chi connectivity index (χ4v) is 3.10. The fourth-order valence-electron chi connectivity index (χ4n) is 3.10. The van der Waals surface area contributed by atoms with Crippen LogP contribution in [0.3, 0.4) is 0 Å². The number of nitrogens with two attached hydrogens (primary N) is 2. The number of carbonyl (C=O) groups is 1. The summed E-state index contributed by atoms with van der Waals surface area (Å²) in [5, 5.41) is 7.73. The van der Waals surface area contributed by atoms with Gasteiger partial charge in [-0.15, -0.1) is 0 Å². The van der Waals surface area contributed by atoms with Gasteiger partial charge in [0.2, 0.25) is 0 Å². The second-order valence-corrected chi connectivity index (χ2v) is 7.20. The third-order valence-electron chi connectivity index (χ3n) is 4.77. The molecule has 0 bridgehead atoms. The van der Waals surface area contributed by atoms with E-state index in [0.29, 0.717) is 5.52 Å². The van der Waals surface area contributed by atoms with Crippen molar-refractivity contribution in [2.24, 2.45) is 5.84 Å². The molecule has 0 radical (unpaired) electrons. The number of rotatable bonds is 5. The van der Waals surface area contributed by atoms with E-state index in [0.717, 1.165) is 23.5 Å². The molecule has 0 saturated carbocycles. The van der Waals surface area contributed by atoms with Crippen LogP contribution in [-0.4, -0.2) is 38.0 Å². The van der Waals surface area contributed by atoms with Crippen molar-refractivity contribution in [1.82, 2.24) is 30.4 Å². The van der Waals surface area contributed by atoms with Gasteiger partial charge in [0, 0.05) is 13.1 Å². The smallest absolute Gasteiger partial charge is 0.394 e. The van der Waals surface area contributed by atoms with E-state index in [-0.39, 0.29) is 40.0 Å². The van der Waals surface area contributed by atoms with E-state index in [1.807, 2.05) is 0 Å². The summed E-state index contributed by atoms with van der Waals surface area (Å²) < 4.78 is 44.1. The van der Waals surface area contributed by atoms with E-state index >= 15 is 0 Å². The van der Waals surface area contributed by atoms with Crippen molar-refractivity contribution in [2.75, 3.05) is 17.8 Å². The first-order valence-electron chi connectivity index (χ1n) is 9.48. The highest BCUT2D eigenvalue weighted by molar-refractivity contribution is 5.99. The van der Waals surface area contributed by atoms with Crippen LogP contribution in [0.15, 0.2) is 35.1 Å². The van der Waals surface area contributed by atoms with Gasteiger partial charge in [0.05, 0.1) is 22.6 Å². The van der Waals surface area contributed by atoms with Gasteiger partial charge in [-0.3, -0.25) is 9.80 Å². The normalized spacial score (nSPS) is 12.7. The number of alkyl halides is 3. The molecule has 0 aliphatic heterocycles. The maximum absolute atomic E-state index is 12.9. The number of anilines is 2. The number of nitrogen functional groups attached to an aromatic ring is 1. The number of imidazole rings is 1. The lowest BCUT2D eigenvalue weighted by Crippen LogP contribution is -2.31. The summed E-state index contributed by atoms with van der Waals surface area (Å²) >= 11 is 0. The predicted octanol–water partition coefficient (Wildman–Crippen LogP) is 2.41. The molecule has 33 heavy (non-hydrogen) atoms. The van der Waals surface area contributed by atoms with Crippen LogP contribution in [0, 0.1) is 0 Å². The summed E-state index contributed by atoms with van der Waals surface area (Å²) in [6, 6.07) is 4.05. The van der Waals surface area contributed by atoms with Crippen LogP contribution < -0.4 is 21.9 Å². The maximum atomic E-state index is 12.9. The van der Waals surface area contributed by atoms with Gasteiger partial charge in [0.1, 0.15) is 17.7 Å². The van der Waals surface area contributed by atoms with E-state index in [2.05, 4.69) is 30.4 Å². The lowest BCUT2D eigenvalue weighted by atomic mass is 10.2. The maximum Gasteiger partial charge on any atom is 0.416 e. The highest BCUT2D eigenvalue weighted by Crippen LogP contribution is 2.32. The molecule has 11 nitrogen and oxygen atoms in total. The molecule has 1 aromatic carbocycles. The number of nitrogens with zero attached hydrogens (tertiary/aromatic N) is 5. The number of hydrazine groups is 1. The van der Waals surface area contributed by atoms with Crippen LogP contribution in [0.25, 0.3) is 22.6 Å². The van der Waals surface area contributed by atoms with Gasteiger partial charge < -0.3 is 20.6 Å².